The van der Waals surface area contributed by atoms with Gasteiger partial charge in [-0.15, -0.1) is 0 Å². The van der Waals surface area contributed by atoms with Crippen LogP contribution in [0.15, 0.2) is 48.5 Å². The molecule has 8 heteroatoms. The van der Waals surface area contributed by atoms with Gasteiger partial charge in [0.1, 0.15) is 11.5 Å². The molecule has 0 atom stereocenters. The standard InChI is InChI=1S/C21H24N2O6/c1-3-11-22-19(24)13-29-21(26)15-7-9-17(10-8-15)28-14-20(25)23-16-5-4-6-18(12-16)27-2/h4-10,12H,3,11,13-14H2,1-2H3,(H,22,24)(H,23,25). The van der Waals surface area contributed by atoms with Crippen LogP contribution >= 0.6 is 0 Å². The SMILES string of the molecule is CCCNC(=O)COC(=O)c1ccc(OCC(=O)Nc2cccc(OC)c2)cc1. The summed E-state index contributed by atoms with van der Waals surface area (Å²) in [7, 11) is 1.55. The molecule has 0 heterocycles. The molecule has 0 radical (unpaired) electrons. The minimum absolute atomic E-state index is 0.196. The topological polar surface area (TPSA) is 103 Å². The van der Waals surface area contributed by atoms with E-state index < -0.39 is 5.97 Å². The smallest absolute Gasteiger partial charge is 0.338 e. The highest BCUT2D eigenvalue weighted by Crippen LogP contribution is 2.17. The summed E-state index contributed by atoms with van der Waals surface area (Å²) in [6.45, 7) is 1.94. The second kappa shape index (κ2) is 11.3. The summed E-state index contributed by atoms with van der Waals surface area (Å²) in [4.78, 5) is 35.4. The van der Waals surface area contributed by atoms with Gasteiger partial charge in [-0.3, -0.25) is 9.59 Å². The van der Waals surface area contributed by atoms with Gasteiger partial charge >= 0.3 is 5.97 Å². The molecule has 29 heavy (non-hydrogen) atoms. The quantitative estimate of drug-likeness (QED) is 0.594. The van der Waals surface area contributed by atoms with E-state index in [2.05, 4.69) is 10.6 Å². The lowest BCUT2D eigenvalue weighted by atomic mass is 10.2. The van der Waals surface area contributed by atoms with Crippen molar-refractivity contribution in [2.24, 2.45) is 0 Å². The number of carbonyl (C=O) groups is 3. The Hall–Kier alpha value is -3.55. The number of ether oxygens (including phenoxy) is 3. The Morgan fingerprint density at radius 3 is 2.38 bits per heavy atom. The second-order valence-electron chi connectivity index (χ2n) is 6.02. The Bertz CT molecular complexity index is 835. The number of anilines is 1. The number of benzene rings is 2. The van der Waals surface area contributed by atoms with E-state index in [0.717, 1.165) is 6.42 Å². The van der Waals surface area contributed by atoms with E-state index in [0.29, 0.717) is 23.7 Å². The second-order valence-corrected chi connectivity index (χ2v) is 6.02. The lowest BCUT2D eigenvalue weighted by molar-refractivity contribution is -0.124. The van der Waals surface area contributed by atoms with Crippen molar-refractivity contribution >= 4 is 23.5 Å². The van der Waals surface area contributed by atoms with E-state index in [1.807, 2.05) is 6.92 Å². The lowest BCUT2D eigenvalue weighted by Gasteiger charge is -2.09. The maximum atomic E-state index is 12.0. The fraction of sp³-hybridized carbons (Fsp3) is 0.286. The molecule has 8 nitrogen and oxygen atoms in total. The van der Waals surface area contributed by atoms with Crippen LogP contribution in [-0.2, 0) is 14.3 Å². The summed E-state index contributed by atoms with van der Waals surface area (Å²) in [6.07, 6.45) is 0.804. The molecule has 0 bridgehead atoms. The van der Waals surface area contributed by atoms with E-state index >= 15 is 0 Å². The number of hydrogen-bond donors (Lipinski definition) is 2. The highest BCUT2D eigenvalue weighted by atomic mass is 16.5. The first-order valence-corrected chi connectivity index (χ1v) is 9.12. The predicted octanol–water partition coefficient (Wildman–Crippen LogP) is 2.40. The number of hydrogen-bond acceptors (Lipinski definition) is 6. The zero-order valence-electron chi connectivity index (χ0n) is 16.4. The Labute approximate surface area is 169 Å². The number of esters is 1. The summed E-state index contributed by atoms with van der Waals surface area (Å²) < 4.78 is 15.5. The van der Waals surface area contributed by atoms with Crippen LogP contribution in [0, 0.1) is 0 Å². The zero-order valence-corrected chi connectivity index (χ0v) is 16.4. The summed E-state index contributed by atoms with van der Waals surface area (Å²) in [6, 6.07) is 13.1. The molecule has 2 amide bonds. The number of nitrogens with one attached hydrogen (secondary N) is 2. The highest BCUT2D eigenvalue weighted by molar-refractivity contribution is 5.92. The number of methoxy groups -OCH3 is 1. The summed E-state index contributed by atoms with van der Waals surface area (Å²) in [5.41, 5.74) is 0.875. The average Bonchev–Trinajstić information content (AvgIpc) is 2.75. The third-order valence-electron chi connectivity index (χ3n) is 3.72. The van der Waals surface area contributed by atoms with Crippen molar-refractivity contribution < 1.29 is 28.6 Å². The first kappa shape index (κ1) is 21.7. The van der Waals surface area contributed by atoms with Crippen LogP contribution in [0.5, 0.6) is 11.5 Å². The number of rotatable bonds is 10. The van der Waals surface area contributed by atoms with Gasteiger partial charge in [-0.05, 0) is 42.8 Å². The molecular weight excluding hydrogens is 376 g/mol. The maximum absolute atomic E-state index is 12.0. The molecule has 2 rings (SSSR count). The normalized spacial score (nSPS) is 10.0. The molecule has 2 aromatic carbocycles. The summed E-state index contributed by atoms with van der Waals surface area (Å²) >= 11 is 0. The molecule has 0 unspecified atom stereocenters. The van der Waals surface area contributed by atoms with Crippen molar-refractivity contribution in [1.82, 2.24) is 5.32 Å². The molecular formula is C21H24N2O6. The molecule has 154 valence electrons. The van der Waals surface area contributed by atoms with Crippen molar-refractivity contribution in [2.45, 2.75) is 13.3 Å². The first-order chi connectivity index (χ1) is 14.0. The fourth-order valence-corrected chi connectivity index (χ4v) is 2.26. The van der Waals surface area contributed by atoms with E-state index in [-0.39, 0.29) is 30.6 Å². The van der Waals surface area contributed by atoms with E-state index in [9.17, 15) is 14.4 Å². The van der Waals surface area contributed by atoms with E-state index in [1.165, 1.54) is 12.1 Å². The largest absolute Gasteiger partial charge is 0.497 e. The van der Waals surface area contributed by atoms with Crippen molar-refractivity contribution in [3.63, 3.8) is 0 Å². The van der Waals surface area contributed by atoms with Gasteiger partial charge in [0.2, 0.25) is 0 Å². The molecule has 0 saturated heterocycles. The Balaban J connectivity index is 1.78. The van der Waals surface area contributed by atoms with Crippen molar-refractivity contribution in [3.05, 3.63) is 54.1 Å². The van der Waals surface area contributed by atoms with Crippen molar-refractivity contribution in [1.29, 1.82) is 0 Å². The van der Waals surface area contributed by atoms with Crippen LogP contribution in [0.4, 0.5) is 5.69 Å². The predicted molar refractivity (Wildman–Crippen MR) is 107 cm³/mol. The molecule has 0 aromatic heterocycles. The summed E-state index contributed by atoms with van der Waals surface area (Å²) in [5, 5.41) is 5.32. The first-order valence-electron chi connectivity index (χ1n) is 9.12. The summed E-state index contributed by atoms with van der Waals surface area (Å²) in [5.74, 6) is -0.238. The zero-order chi connectivity index (χ0) is 21.1. The lowest BCUT2D eigenvalue weighted by Crippen LogP contribution is -2.29. The minimum atomic E-state index is -0.612. The van der Waals surface area contributed by atoms with Crippen LogP contribution in [0.1, 0.15) is 23.7 Å². The van der Waals surface area contributed by atoms with Gasteiger partial charge in [0.25, 0.3) is 11.8 Å². The van der Waals surface area contributed by atoms with E-state index in [1.54, 1.807) is 43.5 Å². The molecule has 0 aliphatic rings. The van der Waals surface area contributed by atoms with Gasteiger partial charge in [0, 0.05) is 18.3 Å². The molecule has 0 spiro atoms. The van der Waals surface area contributed by atoms with Crippen LogP contribution in [0.2, 0.25) is 0 Å². The third kappa shape index (κ3) is 7.53. The van der Waals surface area contributed by atoms with Crippen molar-refractivity contribution in [3.8, 4) is 11.5 Å². The molecule has 0 fully saturated rings. The molecule has 2 N–H and O–H groups in total. The van der Waals surface area contributed by atoms with Crippen LogP contribution in [0.3, 0.4) is 0 Å². The van der Waals surface area contributed by atoms with Crippen molar-refractivity contribution in [2.75, 3.05) is 32.2 Å². The Morgan fingerprint density at radius 1 is 0.931 bits per heavy atom. The number of carbonyl (C=O) groups excluding carboxylic acids is 3. The molecule has 0 aliphatic heterocycles. The van der Waals surface area contributed by atoms with E-state index in [4.69, 9.17) is 14.2 Å². The minimum Gasteiger partial charge on any atom is -0.497 e. The highest BCUT2D eigenvalue weighted by Gasteiger charge is 2.11. The van der Waals surface area contributed by atoms with Gasteiger partial charge < -0.3 is 24.8 Å². The molecule has 0 saturated carbocycles. The van der Waals surface area contributed by atoms with Gasteiger partial charge in [-0.25, -0.2) is 4.79 Å². The molecule has 2 aromatic rings. The van der Waals surface area contributed by atoms with Crippen LogP contribution in [0.25, 0.3) is 0 Å². The Morgan fingerprint density at radius 2 is 1.69 bits per heavy atom. The van der Waals surface area contributed by atoms with Crippen LogP contribution < -0.4 is 20.1 Å². The van der Waals surface area contributed by atoms with Gasteiger partial charge in [-0.2, -0.15) is 0 Å². The average molecular weight is 400 g/mol. The Kier molecular flexibility index (Phi) is 8.50. The maximum Gasteiger partial charge on any atom is 0.338 e. The monoisotopic (exact) mass is 400 g/mol. The fourth-order valence-electron chi connectivity index (χ4n) is 2.26. The third-order valence-corrected chi connectivity index (χ3v) is 3.72. The van der Waals surface area contributed by atoms with Gasteiger partial charge in [0.15, 0.2) is 13.2 Å². The molecule has 0 aliphatic carbocycles. The van der Waals surface area contributed by atoms with Gasteiger partial charge in [-0.1, -0.05) is 13.0 Å². The number of amides is 2. The van der Waals surface area contributed by atoms with Crippen LogP contribution in [-0.4, -0.2) is 44.7 Å². The van der Waals surface area contributed by atoms with Gasteiger partial charge in [0.05, 0.1) is 12.7 Å².